The predicted molar refractivity (Wildman–Crippen MR) is 108 cm³/mol. The number of benzene rings is 1. The zero-order valence-corrected chi connectivity index (χ0v) is 17.1. The topological polar surface area (TPSA) is 57.7 Å². The van der Waals surface area contributed by atoms with Gasteiger partial charge in [-0.1, -0.05) is 18.2 Å². The number of hydrogen-bond donors (Lipinski definition) is 0. The van der Waals surface area contributed by atoms with Gasteiger partial charge in [-0.05, 0) is 48.9 Å². The fourth-order valence-electron chi connectivity index (χ4n) is 4.63. The lowest BCUT2D eigenvalue weighted by Crippen LogP contribution is -2.48. The van der Waals surface area contributed by atoms with E-state index in [0.29, 0.717) is 44.5 Å². The first-order valence-electron chi connectivity index (χ1n) is 9.87. The van der Waals surface area contributed by atoms with Gasteiger partial charge < -0.3 is 4.90 Å². The molecule has 1 aromatic carbocycles. The van der Waals surface area contributed by atoms with Crippen LogP contribution in [0.5, 0.6) is 0 Å². The molecule has 0 radical (unpaired) electrons. The number of thiophene rings is 1. The zero-order valence-electron chi connectivity index (χ0n) is 16.3. The molecule has 2 aliphatic heterocycles. The van der Waals surface area contributed by atoms with Gasteiger partial charge in [-0.2, -0.15) is 0 Å². The highest BCUT2D eigenvalue weighted by molar-refractivity contribution is 7.10. The van der Waals surface area contributed by atoms with Crippen LogP contribution in [0, 0.1) is 11.2 Å². The maximum Gasteiger partial charge on any atom is 0.237 e. The standard InChI is InChI=1S/C22H23FN2O3S/c1-2-25-20(27)19(15-5-7-16(23)8-6-15)22(21(25)28)9-11-24(12-10-22)18(26)14-17-4-3-13-29-17/h3-8,13,19H,2,9-12,14H2,1H3/t19-/m1/s1. The first-order chi connectivity index (χ1) is 14.0. The average molecular weight is 415 g/mol. The molecule has 2 saturated heterocycles. The third kappa shape index (κ3) is 3.37. The van der Waals surface area contributed by atoms with Crippen molar-refractivity contribution in [1.29, 1.82) is 0 Å². The second kappa shape index (κ2) is 7.71. The second-order valence-corrected chi connectivity index (χ2v) is 8.70. The Bertz CT molecular complexity index is 918. The minimum absolute atomic E-state index is 0.0461. The molecule has 4 rings (SSSR count). The van der Waals surface area contributed by atoms with E-state index in [2.05, 4.69) is 0 Å². The molecule has 1 aromatic heterocycles. The van der Waals surface area contributed by atoms with Crippen molar-refractivity contribution in [2.24, 2.45) is 5.41 Å². The summed E-state index contributed by atoms with van der Waals surface area (Å²) in [7, 11) is 0. The van der Waals surface area contributed by atoms with E-state index in [1.807, 2.05) is 17.5 Å². The fraction of sp³-hybridized carbons (Fsp3) is 0.409. The van der Waals surface area contributed by atoms with Crippen LogP contribution in [0.4, 0.5) is 4.39 Å². The van der Waals surface area contributed by atoms with E-state index in [1.54, 1.807) is 35.3 Å². The molecule has 0 aliphatic carbocycles. The van der Waals surface area contributed by atoms with Gasteiger partial charge in [0.1, 0.15) is 5.82 Å². The smallest absolute Gasteiger partial charge is 0.237 e. The predicted octanol–water partition coefficient (Wildman–Crippen LogP) is 3.21. The van der Waals surface area contributed by atoms with E-state index in [0.717, 1.165) is 4.88 Å². The van der Waals surface area contributed by atoms with Crippen LogP contribution in [-0.2, 0) is 20.8 Å². The van der Waals surface area contributed by atoms with Crippen LogP contribution in [0.1, 0.15) is 36.1 Å². The molecule has 2 aromatic rings. The molecule has 0 bridgehead atoms. The molecule has 29 heavy (non-hydrogen) atoms. The van der Waals surface area contributed by atoms with E-state index in [9.17, 15) is 18.8 Å². The highest BCUT2D eigenvalue weighted by atomic mass is 32.1. The summed E-state index contributed by atoms with van der Waals surface area (Å²) in [6.45, 7) is 2.99. The van der Waals surface area contributed by atoms with Crippen molar-refractivity contribution in [3.8, 4) is 0 Å². The summed E-state index contributed by atoms with van der Waals surface area (Å²) in [4.78, 5) is 43.1. The lowest BCUT2D eigenvalue weighted by Gasteiger charge is -2.40. The number of amides is 3. The summed E-state index contributed by atoms with van der Waals surface area (Å²) >= 11 is 1.55. The lowest BCUT2D eigenvalue weighted by atomic mass is 9.67. The molecular formula is C22H23FN2O3S. The summed E-state index contributed by atoms with van der Waals surface area (Å²) in [5.74, 6) is -1.33. The number of carbonyl (C=O) groups is 3. The highest BCUT2D eigenvalue weighted by Gasteiger charge is 2.60. The van der Waals surface area contributed by atoms with Crippen molar-refractivity contribution in [2.45, 2.75) is 32.1 Å². The molecule has 0 saturated carbocycles. The van der Waals surface area contributed by atoms with E-state index < -0.39 is 11.3 Å². The normalized spacial score (nSPS) is 21.2. The third-order valence-corrected chi connectivity index (χ3v) is 7.05. The van der Waals surface area contributed by atoms with Crippen LogP contribution in [0.3, 0.4) is 0 Å². The molecule has 1 atom stereocenters. The molecule has 2 fully saturated rings. The fourth-order valence-corrected chi connectivity index (χ4v) is 5.33. The Morgan fingerprint density at radius 3 is 2.45 bits per heavy atom. The Morgan fingerprint density at radius 2 is 1.86 bits per heavy atom. The van der Waals surface area contributed by atoms with E-state index in [1.165, 1.54) is 17.0 Å². The third-order valence-electron chi connectivity index (χ3n) is 6.17. The van der Waals surface area contributed by atoms with Crippen molar-refractivity contribution >= 4 is 29.1 Å². The minimum atomic E-state index is -0.857. The van der Waals surface area contributed by atoms with Gasteiger partial charge in [-0.15, -0.1) is 11.3 Å². The SMILES string of the molecule is CCN1C(=O)[C@@H](c2ccc(F)cc2)C2(CCN(C(=O)Cc3cccs3)CC2)C1=O. The number of likely N-dealkylation sites (N-methyl/N-ethyl adjacent to an activating group) is 1. The van der Waals surface area contributed by atoms with Crippen LogP contribution >= 0.6 is 11.3 Å². The number of imide groups is 1. The molecule has 1 spiro atoms. The molecular weight excluding hydrogens is 391 g/mol. The Morgan fingerprint density at radius 1 is 1.17 bits per heavy atom. The first kappa shape index (κ1) is 19.8. The van der Waals surface area contributed by atoms with E-state index in [4.69, 9.17) is 0 Å². The number of piperidine rings is 1. The van der Waals surface area contributed by atoms with Crippen LogP contribution in [0.2, 0.25) is 0 Å². The average Bonchev–Trinajstić information content (AvgIpc) is 3.29. The molecule has 7 heteroatoms. The van der Waals surface area contributed by atoms with Crippen molar-refractivity contribution < 1.29 is 18.8 Å². The molecule has 5 nitrogen and oxygen atoms in total. The maximum absolute atomic E-state index is 13.4. The highest BCUT2D eigenvalue weighted by Crippen LogP contribution is 2.51. The first-order valence-corrected chi connectivity index (χ1v) is 10.8. The summed E-state index contributed by atoms with van der Waals surface area (Å²) in [6, 6.07) is 9.72. The number of halogens is 1. The van der Waals surface area contributed by atoms with Gasteiger partial charge in [0.05, 0.1) is 17.8 Å². The number of likely N-dealkylation sites (tertiary alicyclic amines) is 2. The van der Waals surface area contributed by atoms with Crippen LogP contribution < -0.4 is 0 Å². The minimum Gasteiger partial charge on any atom is -0.342 e. The summed E-state index contributed by atoms with van der Waals surface area (Å²) < 4.78 is 13.4. The Kier molecular flexibility index (Phi) is 5.25. The Hall–Kier alpha value is -2.54. The van der Waals surface area contributed by atoms with Gasteiger partial charge >= 0.3 is 0 Å². The number of nitrogens with zero attached hydrogens (tertiary/aromatic N) is 2. The number of rotatable bonds is 4. The molecule has 0 N–H and O–H groups in total. The van der Waals surface area contributed by atoms with Gasteiger partial charge in [0, 0.05) is 24.5 Å². The van der Waals surface area contributed by atoms with E-state index in [-0.39, 0.29) is 23.5 Å². The van der Waals surface area contributed by atoms with Gasteiger partial charge in [0.25, 0.3) is 0 Å². The maximum atomic E-state index is 13.4. The van der Waals surface area contributed by atoms with Gasteiger partial charge in [0.2, 0.25) is 17.7 Å². The van der Waals surface area contributed by atoms with Crippen molar-refractivity contribution in [2.75, 3.05) is 19.6 Å². The van der Waals surface area contributed by atoms with Crippen molar-refractivity contribution in [1.82, 2.24) is 9.80 Å². The molecule has 3 amide bonds. The summed E-state index contributed by atoms with van der Waals surface area (Å²) in [5.41, 5.74) is -0.191. The largest absolute Gasteiger partial charge is 0.342 e. The number of carbonyl (C=O) groups excluding carboxylic acids is 3. The van der Waals surface area contributed by atoms with Gasteiger partial charge in [0.15, 0.2) is 0 Å². The Labute approximate surface area is 173 Å². The van der Waals surface area contributed by atoms with Crippen LogP contribution in [0.25, 0.3) is 0 Å². The molecule has 0 unspecified atom stereocenters. The van der Waals surface area contributed by atoms with Crippen LogP contribution in [-0.4, -0.2) is 47.2 Å². The van der Waals surface area contributed by atoms with Crippen LogP contribution in [0.15, 0.2) is 41.8 Å². The Balaban J connectivity index is 1.57. The van der Waals surface area contributed by atoms with E-state index >= 15 is 0 Å². The monoisotopic (exact) mass is 414 g/mol. The lowest BCUT2D eigenvalue weighted by molar-refractivity contribution is -0.144. The second-order valence-electron chi connectivity index (χ2n) is 7.67. The summed E-state index contributed by atoms with van der Waals surface area (Å²) in [5, 5.41) is 1.95. The zero-order chi connectivity index (χ0) is 20.6. The quantitative estimate of drug-likeness (QED) is 0.722. The van der Waals surface area contributed by atoms with Crippen molar-refractivity contribution in [3.63, 3.8) is 0 Å². The van der Waals surface area contributed by atoms with Crippen molar-refractivity contribution in [3.05, 3.63) is 58.0 Å². The number of hydrogen-bond acceptors (Lipinski definition) is 4. The van der Waals surface area contributed by atoms with Gasteiger partial charge in [-0.25, -0.2) is 4.39 Å². The van der Waals surface area contributed by atoms with Gasteiger partial charge in [-0.3, -0.25) is 19.3 Å². The summed E-state index contributed by atoms with van der Waals surface area (Å²) in [6.07, 6.45) is 1.23. The molecule has 152 valence electrons. The molecule has 3 heterocycles. The molecule has 2 aliphatic rings.